The van der Waals surface area contributed by atoms with Gasteiger partial charge in [0.2, 0.25) is 15.9 Å². The molecule has 1 aliphatic rings. The van der Waals surface area contributed by atoms with Gasteiger partial charge in [0.05, 0.1) is 19.1 Å². The average molecular weight is 482 g/mol. The Kier molecular flexibility index (Phi) is 8.23. The molecule has 0 aromatic carbocycles. The Morgan fingerprint density at radius 2 is 2.00 bits per heavy atom. The lowest BCUT2D eigenvalue weighted by Gasteiger charge is -2.26. The molecule has 176 valence electrons. The normalized spacial score (nSPS) is 14.8. The van der Waals surface area contributed by atoms with Crippen LogP contribution in [0.2, 0.25) is 0 Å². The second-order valence-electron chi connectivity index (χ2n) is 6.17. The van der Waals surface area contributed by atoms with Crippen LogP contribution in [0.1, 0.15) is 5.82 Å². The first-order chi connectivity index (χ1) is 15.0. The third-order valence-corrected chi connectivity index (χ3v) is 5.84. The fraction of sp³-hybridized carbons (Fsp3) is 0.375. The summed E-state index contributed by atoms with van der Waals surface area (Å²) < 4.78 is 78.0. The van der Waals surface area contributed by atoms with E-state index in [1.54, 1.807) is 6.33 Å². The van der Waals surface area contributed by atoms with E-state index in [4.69, 9.17) is 20.4 Å². The maximum atomic E-state index is 12.7. The number of carbonyl (C=O) groups is 1. The van der Waals surface area contributed by atoms with Crippen LogP contribution in [0.3, 0.4) is 0 Å². The first kappa shape index (κ1) is 25.2. The first-order valence-corrected chi connectivity index (χ1v) is 10.2. The van der Waals surface area contributed by atoms with Crippen molar-refractivity contribution >= 4 is 16.0 Å². The monoisotopic (exact) mass is 482 g/mol. The number of ether oxygens (including phenoxy) is 1. The smallest absolute Gasteiger partial charge is 0.475 e. The fourth-order valence-electron chi connectivity index (χ4n) is 2.30. The van der Waals surface area contributed by atoms with Crippen molar-refractivity contribution in [1.29, 1.82) is 0 Å². The van der Waals surface area contributed by atoms with Gasteiger partial charge < -0.3 is 20.1 Å². The lowest BCUT2D eigenvalue weighted by molar-refractivity contribution is -0.192. The number of pyridine rings is 1. The van der Waals surface area contributed by atoms with Crippen molar-refractivity contribution in [3.63, 3.8) is 0 Å². The standard InChI is InChI=1S/C14H17FN6O3S.C2HF3O2/c15-5-11(6-16)9-24-14-2-1-12(7-17-14)25(22,23)21-4-3-20-10-18-19-13(20)8-21;3-2(4,5)1(6)7/h1-2,5,7,10H,3-4,6,8-9,16H2;(H,6,7)/b11-5+;. The van der Waals surface area contributed by atoms with Crippen molar-refractivity contribution in [3.05, 3.63) is 42.4 Å². The highest BCUT2D eigenvalue weighted by Crippen LogP contribution is 2.21. The summed E-state index contributed by atoms with van der Waals surface area (Å²) in [6, 6.07) is 2.82. The van der Waals surface area contributed by atoms with Gasteiger partial charge in [0.1, 0.15) is 23.7 Å². The summed E-state index contributed by atoms with van der Waals surface area (Å²) in [4.78, 5) is 12.9. The van der Waals surface area contributed by atoms with Gasteiger partial charge in [-0.25, -0.2) is 22.6 Å². The number of nitrogens with two attached hydrogens (primary N) is 1. The van der Waals surface area contributed by atoms with E-state index in [1.165, 1.54) is 22.6 Å². The number of alkyl halides is 3. The van der Waals surface area contributed by atoms with E-state index in [-0.39, 0.29) is 36.0 Å². The first-order valence-electron chi connectivity index (χ1n) is 8.73. The molecule has 3 N–H and O–H groups in total. The molecule has 0 atom stereocenters. The van der Waals surface area contributed by atoms with Gasteiger partial charge in [-0.2, -0.15) is 17.5 Å². The molecule has 0 fully saturated rings. The molecular formula is C16H18F4N6O5S. The Bertz CT molecular complexity index is 1060. The number of sulfonamides is 1. The number of nitrogens with zero attached hydrogens (tertiary/aromatic N) is 5. The number of hydrogen-bond donors (Lipinski definition) is 2. The number of aromatic nitrogens is 4. The number of hydrogen-bond acceptors (Lipinski definition) is 8. The van der Waals surface area contributed by atoms with Gasteiger partial charge in [-0.3, -0.25) is 0 Å². The maximum Gasteiger partial charge on any atom is 0.490 e. The number of halogens is 4. The summed E-state index contributed by atoms with van der Waals surface area (Å²) >= 11 is 0. The fourth-order valence-corrected chi connectivity index (χ4v) is 3.64. The summed E-state index contributed by atoms with van der Waals surface area (Å²) in [5.41, 5.74) is 5.61. The van der Waals surface area contributed by atoms with Crippen LogP contribution in [-0.2, 0) is 27.9 Å². The number of aliphatic carboxylic acids is 1. The largest absolute Gasteiger partial charge is 0.490 e. The molecule has 1 aliphatic heterocycles. The maximum absolute atomic E-state index is 12.7. The van der Waals surface area contributed by atoms with Crippen LogP contribution in [0, 0.1) is 0 Å². The summed E-state index contributed by atoms with van der Waals surface area (Å²) in [6.07, 6.45) is -1.91. The van der Waals surface area contributed by atoms with Crippen molar-refractivity contribution in [2.24, 2.45) is 5.73 Å². The molecule has 0 spiro atoms. The van der Waals surface area contributed by atoms with Crippen molar-refractivity contribution in [2.45, 2.75) is 24.2 Å². The minimum Gasteiger partial charge on any atom is -0.475 e. The zero-order valence-electron chi connectivity index (χ0n) is 16.2. The Balaban J connectivity index is 0.000000451. The second kappa shape index (κ2) is 10.5. The Hall–Kier alpha value is -3.11. The molecule has 0 saturated heterocycles. The molecule has 0 aliphatic carbocycles. The number of fused-ring (bicyclic) bond motifs is 1. The van der Waals surface area contributed by atoms with E-state index in [0.29, 0.717) is 25.2 Å². The summed E-state index contributed by atoms with van der Waals surface area (Å²) in [7, 11) is -3.70. The summed E-state index contributed by atoms with van der Waals surface area (Å²) in [6.45, 7) is 0.957. The van der Waals surface area contributed by atoms with Crippen molar-refractivity contribution in [3.8, 4) is 5.88 Å². The summed E-state index contributed by atoms with van der Waals surface area (Å²) in [5.74, 6) is -1.98. The van der Waals surface area contributed by atoms with Gasteiger partial charge >= 0.3 is 12.1 Å². The molecular weight excluding hydrogens is 464 g/mol. The molecule has 2 aromatic rings. The van der Waals surface area contributed by atoms with Crippen LogP contribution < -0.4 is 10.5 Å². The van der Waals surface area contributed by atoms with Crippen LogP contribution in [0.5, 0.6) is 5.88 Å². The molecule has 0 radical (unpaired) electrons. The predicted octanol–water partition coefficient (Wildman–Crippen LogP) is 0.702. The van der Waals surface area contributed by atoms with Crippen LogP contribution >= 0.6 is 0 Å². The molecule has 0 unspecified atom stereocenters. The highest BCUT2D eigenvalue weighted by molar-refractivity contribution is 7.89. The minimum absolute atomic E-state index is 0.0303. The zero-order valence-corrected chi connectivity index (χ0v) is 17.1. The van der Waals surface area contributed by atoms with Crippen molar-refractivity contribution < 1.29 is 40.6 Å². The van der Waals surface area contributed by atoms with Gasteiger partial charge in [0, 0.05) is 31.3 Å². The zero-order chi connectivity index (χ0) is 23.9. The topological polar surface area (TPSA) is 154 Å². The van der Waals surface area contributed by atoms with E-state index < -0.39 is 22.2 Å². The quantitative estimate of drug-likeness (QED) is 0.567. The van der Waals surface area contributed by atoms with Crippen LogP contribution in [0.25, 0.3) is 0 Å². The van der Waals surface area contributed by atoms with Gasteiger partial charge in [0.25, 0.3) is 0 Å². The van der Waals surface area contributed by atoms with E-state index in [0.717, 1.165) is 0 Å². The van der Waals surface area contributed by atoms with Gasteiger partial charge in [-0.1, -0.05) is 0 Å². The Morgan fingerprint density at radius 3 is 2.53 bits per heavy atom. The highest BCUT2D eigenvalue weighted by Gasteiger charge is 2.38. The number of rotatable bonds is 6. The Labute approximate surface area is 179 Å². The minimum atomic E-state index is -5.08. The van der Waals surface area contributed by atoms with Crippen LogP contribution in [-0.4, -0.2) is 69.4 Å². The molecule has 0 saturated carbocycles. The van der Waals surface area contributed by atoms with Gasteiger partial charge in [-0.15, -0.1) is 10.2 Å². The third kappa shape index (κ3) is 6.44. The molecule has 3 heterocycles. The molecule has 0 amide bonds. The lowest BCUT2D eigenvalue weighted by Crippen LogP contribution is -2.38. The number of carboxylic acids is 1. The lowest BCUT2D eigenvalue weighted by atomic mass is 10.3. The molecule has 3 rings (SSSR count). The van der Waals surface area contributed by atoms with E-state index in [1.807, 2.05) is 4.57 Å². The highest BCUT2D eigenvalue weighted by atomic mass is 32.2. The van der Waals surface area contributed by atoms with E-state index in [9.17, 15) is 26.0 Å². The number of carboxylic acid groups (broad SMARTS) is 1. The third-order valence-electron chi connectivity index (χ3n) is 4.02. The molecule has 2 aromatic heterocycles. The van der Waals surface area contributed by atoms with Gasteiger partial charge in [-0.05, 0) is 6.07 Å². The van der Waals surface area contributed by atoms with Gasteiger partial charge in [0.15, 0.2) is 0 Å². The van der Waals surface area contributed by atoms with Crippen LogP contribution in [0.4, 0.5) is 17.6 Å². The Morgan fingerprint density at radius 1 is 1.31 bits per heavy atom. The second-order valence-corrected chi connectivity index (χ2v) is 8.11. The molecule has 16 heteroatoms. The SMILES string of the molecule is NC/C(=C\F)COc1ccc(S(=O)(=O)N2CCn3cnnc3C2)cn1.O=C(O)C(F)(F)F. The van der Waals surface area contributed by atoms with E-state index in [2.05, 4.69) is 15.2 Å². The average Bonchev–Trinajstić information content (AvgIpc) is 3.22. The molecule has 32 heavy (non-hydrogen) atoms. The molecule has 11 nitrogen and oxygen atoms in total. The molecule has 0 bridgehead atoms. The predicted molar refractivity (Wildman–Crippen MR) is 99.3 cm³/mol. The summed E-state index contributed by atoms with van der Waals surface area (Å²) in [5, 5.41) is 14.8. The van der Waals surface area contributed by atoms with Crippen molar-refractivity contribution in [2.75, 3.05) is 19.7 Å². The van der Waals surface area contributed by atoms with Crippen molar-refractivity contribution in [1.82, 2.24) is 24.1 Å². The van der Waals surface area contributed by atoms with Crippen LogP contribution in [0.15, 0.2) is 41.5 Å². The van der Waals surface area contributed by atoms with E-state index >= 15 is 0 Å².